The van der Waals surface area contributed by atoms with Crippen LogP contribution in [0.2, 0.25) is 0 Å². The molecule has 29 heavy (non-hydrogen) atoms. The van der Waals surface area contributed by atoms with Crippen molar-refractivity contribution in [2.45, 2.75) is 13.8 Å². The van der Waals surface area contributed by atoms with Gasteiger partial charge in [-0.1, -0.05) is 0 Å². The van der Waals surface area contributed by atoms with E-state index in [9.17, 15) is 14.4 Å². The lowest BCUT2D eigenvalue weighted by atomic mass is 9.86. The van der Waals surface area contributed by atoms with Crippen molar-refractivity contribution in [3.8, 4) is 0 Å². The summed E-state index contributed by atoms with van der Waals surface area (Å²) in [5.74, 6) is -0.279. The fourth-order valence-corrected chi connectivity index (χ4v) is 3.02. The molecule has 0 unspecified atom stereocenters. The first-order valence-electron chi connectivity index (χ1n) is 9.25. The molecular weight excluding hydrogens is 368 g/mol. The Morgan fingerprint density at radius 1 is 0.759 bits per heavy atom. The van der Waals surface area contributed by atoms with E-state index in [0.717, 1.165) is 13.1 Å². The standard InChI is InChI=1S/C12H6N2O2.C10H14N2O/c15-11-7-1-3-13-5-9(7)12(16)8-2-4-14-6-10(8)11;1-3-12(4-2)10(13)9-6-5-7-11-8-9/h1-6H;5-8H,3-4H2,1-2H3. The van der Waals surface area contributed by atoms with E-state index in [2.05, 4.69) is 15.0 Å². The Bertz CT molecular complexity index is 941. The average molecular weight is 388 g/mol. The molecule has 0 fully saturated rings. The number of ketones is 2. The highest BCUT2D eigenvalue weighted by molar-refractivity contribution is 6.28. The van der Waals surface area contributed by atoms with E-state index in [0.29, 0.717) is 27.8 Å². The predicted molar refractivity (Wildman–Crippen MR) is 107 cm³/mol. The van der Waals surface area contributed by atoms with Gasteiger partial charge in [0, 0.05) is 61.4 Å². The van der Waals surface area contributed by atoms with Crippen molar-refractivity contribution >= 4 is 17.5 Å². The van der Waals surface area contributed by atoms with E-state index in [4.69, 9.17) is 0 Å². The van der Waals surface area contributed by atoms with Crippen LogP contribution >= 0.6 is 0 Å². The Morgan fingerprint density at radius 2 is 1.28 bits per heavy atom. The Balaban J connectivity index is 0.000000170. The summed E-state index contributed by atoms with van der Waals surface area (Å²) in [7, 11) is 0. The Labute approximate surface area is 168 Å². The second kappa shape index (κ2) is 8.97. The molecule has 0 saturated carbocycles. The van der Waals surface area contributed by atoms with Crippen LogP contribution in [0.25, 0.3) is 0 Å². The van der Waals surface area contributed by atoms with Gasteiger partial charge >= 0.3 is 0 Å². The molecule has 1 amide bonds. The van der Waals surface area contributed by atoms with Crippen LogP contribution in [0.15, 0.2) is 61.4 Å². The third-order valence-corrected chi connectivity index (χ3v) is 4.58. The Kier molecular flexibility index (Phi) is 6.19. The minimum absolute atomic E-state index is 0.0538. The lowest BCUT2D eigenvalue weighted by Crippen LogP contribution is -2.30. The lowest BCUT2D eigenvalue weighted by Gasteiger charge is -2.17. The molecule has 1 aliphatic carbocycles. The van der Waals surface area contributed by atoms with Crippen LogP contribution in [0, 0.1) is 0 Å². The summed E-state index contributed by atoms with van der Waals surface area (Å²) < 4.78 is 0. The highest BCUT2D eigenvalue weighted by Crippen LogP contribution is 2.25. The van der Waals surface area contributed by atoms with E-state index in [1.165, 1.54) is 24.8 Å². The van der Waals surface area contributed by atoms with Gasteiger partial charge in [0.25, 0.3) is 5.91 Å². The molecule has 0 atom stereocenters. The highest BCUT2D eigenvalue weighted by atomic mass is 16.2. The smallest absolute Gasteiger partial charge is 0.255 e. The molecule has 3 heterocycles. The maximum atomic E-state index is 12.0. The normalized spacial score (nSPS) is 11.7. The fraction of sp³-hybridized carbons (Fsp3) is 0.182. The minimum atomic E-state index is -0.167. The van der Waals surface area contributed by atoms with Crippen LogP contribution in [0.1, 0.15) is 56.0 Å². The molecule has 0 spiro atoms. The van der Waals surface area contributed by atoms with E-state index >= 15 is 0 Å². The van der Waals surface area contributed by atoms with E-state index in [1.54, 1.807) is 41.6 Å². The van der Waals surface area contributed by atoms with Crippen LogP contribution in [-0.2, 0) is 0 Å². The number of nitrogens with zero attached hydrogens (tertiary/aromatic N) is 4. The number of pyridine rings is 3. The first-order valence-corrected chi connectivity index (χ1v) is 9.25. The molecule has 0 N–H and O–H groups in total. The van der Waals surface area contributed by atoms with Gasteiger partial charge in [-0.2, -0.15) is 0 Å². The fourth-order valence-electron chi connectivity index (χ4n) is 3.02. The molecule has 146 valence electrons. The first kappa shape index (κ1) is 20.0. The molecule has 0 aromatic carbocycles. The number of aromatic nitrogens is 3. The van der Waals surface area contributed by atoms with Crippen molar-refractivity contribution in [1.29, 1.82) is 0 Å². The number of rotatable bonds is 3. The molecule has 7 heteroatoms. The van der Waals surface area contributed by atoms with Gasteiger partial charge in [0.05, 0.1) is 16.7 Å². The molecule has 0 radical (unpaired) electrons. The van der Waals surface area contributed by atoms with Gasteiger partial charge in [-0.25, -0.2) is 0 Å². The molecule has 0 bridgehead atoms. The lowest BCUT2D eigenvalue weighted by molar-refractivity contribution is 0.0772. The van der Waals surface area contributed by atoms with Crippen LogP contribution in [0.5, 0.6) is 0 Å². The monoisotopic (exact) mass is 388 g/mol. The Morgan fingerprint density at radius 3 is 1.72 bits per heavy atom. The van der Waals surface area contributed by atoms with Crippen LogP contribution < -0.4 is 0 Å². The van der Waals surface area contributed by atoms with Crippen molar-refractivity contribution in [2.75, 3.05) is 13.1 Å². The van der Waals surface area contributed by atoms with Gasteiger partial charge in [0.2, 0.25) is 0 Å². The molecule has 0 saturated heterocycles. The van der Waals surface area contributed by atoms with Gasteiger partial charge in [-0.15, -0.1) is 0 Å². The number of amides is 1. The van der Waals surface area contributed by atoms with Crippen LogP contribution in [0.3, 0.4) is 0 Å². The zero-order chi connectivity index (χ0) is 20.8. The maximum Gasteiger partial charge on any atom is 0.255 e. The number of fused-ring (bicyclic) bond motifs is 2. The SMILES string of the molecule is CCN(CC)C(=O)c1cccnc1.O=C1c2ccncc2C(=O)c2ccncc21. The summed E-state index contributed by atoms with van der Waals surface area (Å²) in [5.41, 5.74) is 2.20. The number of carbonyl (C=O) groups is 3. The second-order valence-electron chi connectivity index (χ2n) is 6.22. The van der Waals surface area contributed by atoms with Crippen molar-refractivity contribution in [2.24, 2.45) is 0 Å². The van der Waals surface area contributed by atoms with Crippen molar-refractivity contribution in [3.05, 3.63) is 89.3 Å². The van der Waals surface area contributed by atoms with Crippen LogP contribution in [0.4, 0.5) is 0 Å². The summed E-state index contributed by atoms with van der Waals surface area (Å²) in [6.45, 7) is 5.42. The van der Waals surface area contributed by atoms with Gasteiger partial charge in [-0.05, 0) is 38.1 Å². The summed E-state index contributed by atoms with van der Waals surface area (Å²) in [5, 5.41) is 0. The molecule has 7 nitrogen and oxygen atoms in total. The summed E-state index contributed by atoms with van der Waals surface area (Å²) in [6.07, 6.45) is 9.13. The Hall–Kier alpha value is -3.74. The molecule has 4 rings (SSSR count). The summed E-state index contributed by atoms with van der Waals surface area (Å²) in [6, 6.07) is 6.68. The minimum Gasteiger partial charge on any atom is -0.339 e. The van der Waals surface area contributed by atoms with E-state index < -0.39 is 0 Å². The van der Waals surface area contributed by atoms with Gasteiger partial charge in [0.15, 0.2) is 11.6 Å². The number of hydrogen-bond donors (Lipinski definition) is 0. The van der Waals surface area contributed by atoms with Crippen molar-refractivity contribution in [1.82, 2.24) is 19.9 Å². The molecule has 1 aliphatic rings. The van der Waals surface area contributed by atoms with E-state index in [-0.39, 0.29) is 17.5 Å². The topological polar surface area (TPSA) is 93.1 Å². The zero-order valence-electron chi connectivity index (χ0n) is 16.2. The maximum absolute atomic E-state index is 12.0. The van der Waals surface area contributed by atoms with Gasteiger partial charge in [0.1, 0.15) is 0 Å². The van der Waals surface area contributed by atoms with Crippen molar-refractivity contribution < 1.29 is 14.4 Å². The van der Waals surface area contributed by atoms with Crippen LogP contribution in [-0.4, -0.2) is 50.4 Å². The first-order chi connectivity index (χ1) is 14.1. The summed E-state index contributed by atoms with van der Waals surface area (Å²) in [4.78, 5) is 49.2. The predicted octanol–water partition coefficient (Wildman–Crippen LogP) is 2.82. The van der Waals surface area contributed by atoms with E-state index in [1.807, 2.05) is 13.8 Å². The molecular formula is C22H20N4O3. The van der Waals surface area contributed by atoms with Crippen molar-refractivity contribution in [3.63, 3.8) is 0 Å². The largest absolute Gasteiger partial charge is 0.339 e. The third-order valence-electron chi connectivity index (χ3n) is 4.58. The van der Waals surface area contributed by atoms with Gasteiger partial charge < -0.3 is 4.90 Å². The number of carbonyl (C=O) groups excluding carboxylic acids is 3. The number of hydrogen-bond acceptors (Lipinski definition) is 6. The summed E-state index contributed by atoms with van der Waals surface area (Å²) >= 11 is 0. The van der Waals surface area contributed by atoms with Gasteiger partial charge in [-0.3, -0.25) is 29.3 Å². The quantitative estimate of drug-likeness (QED) is 0.536. The highest BCUT2D eigenvalue weighted by Gasteiger charge is 2.29. The third kappa shape index (κ3) is 4.08. The molecule has 3 aromatic rings. The zero-order valence-corrected chi connectivity index (χ0v) is 16.2. The molecule has 0 aliphatic heterocycles. The second-order valence-corrected chi connectivity index (χ2v) is 6.22. The molecule has 3 aromatic heterocycles. The average Bonchev–Trinajstić information content (AvgIpc) is 2.79.